The van der Waals surface area contributed by atoms with Gasteiger partial charge in [-0.15, -0.1) is 0 Å². The van der Waals surface area contributed by atoms with Crippen LogP contribution < -0.4 is 17.0 Å². The molecule has 0 saturated heterocycles. The number of hydrogen-bond acceptors (Lipinski definition) is 6. The first-order valence-electron chi connectivity index (χ1n) is 12.8. The van der Waals surface area contributed by atoms with Crippen LogP contribution in [0.2, 0.25) is 0 Å². The molecular weight excluding hydrogens is 514 g/mol. The van der Waals surface area contributed by atoms with Crippen LogP contribution in [-0.2, 0) is 13.5 Å². The largest absolute Gasteiger partial charge is 0.381 e. The summed E-state index contributed by atoms with van der Waals surface area (Å²) in [5, 5.41) is 5.39. The van der Waals surface area contributed by atoms with Gasteiger partial charge in [-0.3, -0.25) is 14.2 Å². The molecule has 3 aromatic heterocycles. The standard InChI is InChI=1S/C24H18N2O.C8H11N5O/c1-2-21-17-19-10-8-9-18(14-15-20-11-6-7-16-25-20)23(19)24(27)26(21)22-12-4-3-5-13-22;1-3-4-11-8-5(7(10)14)6(9)12-13(8)2/h3-13,16-17H,2H2,1H3;3-4H,1H2,2H3,(H2,9,12)(H2,10,14)/b;11-4-. The van der Waals surface area contributed by atoms with Gasteiger partial charge in [-0.25, -0.2) is 14.7 Å². The number of benzene rings is 2. The van der Waals surface area contributed by atoms with Crippen molar-refractivity contribution in [1.82, 2.24) is 19.3 Å². The number of carbonyl (C=O) groups excluding carboxylic acids is 1. The first kappa shape index (κ1) is 28.3. The number of nitrogens with zero attached hydrogens (tertiary/aromatic N) is 5. The number of fused-ring (bicyclic) bond motifs is 1. The smallest absolute Gasteiger partial charge is 0.264 e. The number of aryl methyl sites for hydroxylation is 2. The molecule has 0 saturated carbocycles. The van der Waals surface area contributed by atoms with Crippen molar-refractivity contribution < 1.29 is 4.79 Å². The summed E-state index contributed by atoms with van der Waals surface area (Å²) in [6.07, 6.45) is 5.39. The first-order chi connectivity index (χ1) is 19.8. The van der Waals surface area contributed by atoms with Gasteiger partial charge in [0.2, 0.25) is 0 Å². The summed E-state index contributed by atoms with van der Waals surface area (Å²) in [6, 6.07) is 23.2. The van der Waals surface area contributed by atoms with Crippen molar-refractivity contribution in [3.63, 3.8) is 0 Å². The van der Waals surface area contributed by atoms with Gasteiger partial charge in [0.15, 0.2) is 11.6 Å². The minimum atomic E-state index is -0.646. The molecule has 0 bridgehead atoms. The van der Waals surface area contributed by atoms with Crippen LogP contribution in [0.1, 0.15) is 34.2 Å². The Balaban J connectivity index is 0.000000234. The van der Waals surface area contributed by atoms with E-state index in [-0.39, 0.29) is 16.9 Å². The lowest BCUT2D eigenvalue weighted by atomic mass is 10.0. The Kier molecular flexibility index (Phi) is 8.87. The molecule has 5 rings (SSSR count). The average molecular weight is 544 g/mol. The van der Waals surface area contributed by atoms with Crippen molar-refractivity contribution in [2.24, 2.45) is 17.8 Å². The van der Waals surface area contributed by atoms with Gasteiger partial charge < -0.3 is 11.5 Å². The zero-order chi connectivity index (χ0) is 29.4. The molecule has 0 aliphatic rings. The van der Waals surface area contributed by atoms with Gasteiger partial charge in [0, 0.05) is 36.4 Å². The van der Waals surface area contributed by atoms with Crippen molar-refractivity contribution in [3.05, 3.63) is 125 Å². The van der Waals surface area contributed by atoms with Crippen LogP contribution in [0, 0.1) is 11.8 Å². The number of aromatic nitrogens is 4. The van der Waals surface area contributed by atoms with Crippen molar-refractivity contribution in [3.8, 4) is 17.5 Å². The maximum absolute atomic E-state index is 13.4. The van der Waals surface area contributed by atoms with E-state index in [2.05, 4.69) is 46.5 Å². The van der Waals surface area contributed by atoms with Gasteiger partial charge in [0.05, 0.1) is 5.39 Å². The molecule has 9 heteroatoms. The average Bonchev–Trinajstić information content (AvgIpc) is 3.28. The Morgan fingerprint density at radius 1 is 1.07 bits per heavy atom. The number of anilines is 1. The third-order valence-corrected chi connectivity index (χ3v) is 6.08. The van der Waals surface area contributed by atoms with Crippen LogP contribution in [0.3, 0.4) is 0 Å². The van der Waals surface area contributed by atoms with Crippen molar-refractivity contribution in [2.75, 3.05) is 5.73 Å². The number of primary amides is 1. The lowest BCUT2D eigenvalue weighted by molar-refractivity contribution is 0.100. The molecule has 204 valence electrons. The second-order valence-electron chi connectivity index (χ2n) is 8.79. The second-order valence-corrected chi connectivity index (χ2v) is 8.79. The van der Waals surface area contributed by atoms with Gasteiger partial charge in [0.1, 0.15) is 11.3 Å². The third kappa shape index (κ3) is 6.29. The number of nitrogens with two attached hydrogens (primary N) is 2. The minimum Gasteiger partial charge on any atom is -0.381 e. The van der Waals surface area contributed by atoms with Crippen molar-refractivity contribution in [1.29, 1.82) is 0 Å². The number of aliphatic imine (C=N–C) groups is 1. The minimum absolute atomic E-state index is 0.0403. The highest BCUT2D eigenvalue weighted by molar-refractivity contribution is 6.02. The van der Waals surface area contributed by atoms with E-state index in [1.165, 1.54) is 17.0 Å². The fourth-order valence-electron chi connectivity index (χ4n) is 4.25. The van der Waals surface area contributed by atoms with Crippen LogP contribution in [0.15, 0.2) is 101 Å². The van der Waals surface area contributed by atoms with Gasteiger partial charge in [-0.2, -0.15) is 5.10 Å². The highest BCUT2D eigenvalue weighted by Crippen LogP contribution is 2.23. The van der Waals surface area contributed by atoms with Crippen molar-refractivity contribution in [2.45, 2.75) is 13.3 Å². The summed E-state index contributed by atoms with van der Waals surface area (Å²) < 4.78 is 3.17. The summed E-state index contributed by atoms with van der Waals surface area (Å²) in [5.74, 6) is 5.96. The monoisotopic (exact) mass is 543 g/mol. The molecule has 5 aromatic rings. The Morgan fingerprint density at radius 2 is 1.83 bits per heavy atom. The number of para-hydroxylation sites is 1. The van der Waals surface area contributed by atoms with E-state index in [4.69, 9.17) is 11.5 Å². The molecular formula is C32H29N7O2. The summed E-state index contributed by atoms with van der Waals surface area (Å²) >= 11 is 0. The lowest BCUT2D eigenvalue weighted by Crippen LogP contribution is -2.22. The van der Waals surface area contributed by atoms with Crippen molar-refractivity contribution >= 4 is 34.5 Å². The SMILES string of the molecule is C=C/C=N\c1c(C(N)=O)c(N)nn1C.CCc1cc2cccc(C#Cc3ccccn3)c2c(=O)n1-c1ccccc1. The predicted molar refractivity (Wildman–Crippen MR) is 164 cm³/mol. The van der Waals surface area contributed by atoms with E-state index in [0.29, 0.717) is 16.9 Å². The fraction of sp³-hybridized carbons (Fsp3) is 0.0938. The maximum atomic E-state index is 13.4. The van der Waals surface area contributed by atoms with E-state index < -0.39 is 5.91 Å². The number of carbonyl (C=O) groups is 1. The molecule has 0 atom stereocenters. The highest BCUT2D eigenvalue weighted by atomic mass is 16.1. The van der Waals surface area contributed by atoms with Crippen LogP contribution >= 0.6 is 0 Å². The molecule has 0 radical (unpaired) electrons. The molecule has 0 fully saturated rings. The van der Waals surface area contributed by atoms with E-state index in [9.17, 15) is 9.59 Å². The van der Waals surface area contributed by atoms with Gasteiger partial charge >= 0.3 is 0 Å². The number of pyridine rings is 2. The maximum Gasteiger partial charge on any atom is 0.264 e. The Morgan fingerprint density at radius 3 is 2.49 bits per heavy atom. The van der Waals surface area contributed by atoms with Crippen LogP contribution in [-0.4, -0.2) is 31.5 Å². The summed E-state index contributed by atoms with van der Waals surface area (Å²) in [5.41, 5.74) is 14.0. The molecule has 0 unspecified atom stereocenters. The molecule has 9 nitrogen and oxygen atoms in total. The molecule has 41 heavy (non-hydrogen) atoms. The van der Waals surface area contributed by atoms with Crippen LogP contribution in [0.5, 0.6) is 0 Å². The Hall–Kier alpha value is -5.75. The molecule has 1 amide bonds. The van der Waals surface area contributed by atoms with E-state index in [1.54, 1.807) is 17.8 Å². The number of allylic oxidation sites excluding steroid dienone is 1. The van der Waals surface area contributed by atoms with E-state index in [0.717, 1.165) is 28.8 Å². The lowest BCUT2D eigenvalue weighted by Gasteiger charge is -2.14. The first-order valence-corrected chi connectivity index (χ1v) is 12.8. The third-order valence-electron chi connectivity index (χ3n) is 6.08. The molecule has 0 aliphatic carbocycles. The molecule has 0 aliphatic heterocycles. The number of nitrogen functional groups attached to an aromatic ring is 1. The van der Waals surface area contributed by atoms with Crippen LogP contribution in [0.4, 0.5) is 11.6 Å². The van der Waals surface area contributed by atoms with Gasteiger partial charge in [-0.05, 0) is 54.1 Å². The summed E-state index contributed by atoms with van der Waals surface area (Å²) in [7, 11) is 1.62. The quantitative estimate of drug-likeness (QED) is 0.251. The topological polar surface area (TPSA) is 134 Å². The normalized spacial score (nSPS) is 10.5. The van der Waals surface area contributed by atoms with Gasteiger partial charge in [0.25, 0.3) is 11.5 Å². The fourth-order valence-corrected chi connectivity index (χ4v) is 4.25. The highest BCUT2D eigenvalue weighted by Gasteiger charge is 2.17. The van der Waals surface area contributed by atoms with Gasteiger partial charge in [-0.1, -0.05) is 61.9 Å². The molecule has 4 N–H and O–H groups in total. The Bertz CT molecular complexity index is 1860. The van der Waals surface area contributed by atoms with E-state index in [1.807, 2.05) is 66.7 Å². The zero-order valence-corrected chi connectivity index (χ0v) is 22.8. The molecule has 2 aromatic carbocycles. The molecule has 3 heterocycles. The second kappa shape index (κ2) is 12.9. The number of rotatable bonds is 5. The molecule has 0 spiro atoms. The predicted octanol–water partition coefficient (Wildman–Crippen LogP) is 4.34. The zero-order valence-electron chi connectivity index (χ0n) is 22.8. The summed E-state index contributed by atoms with van der Waals surface area (Å²) in [6.45, 7) is 5.52. The number of amides is 1. The van der Waals surface area contributed by atoms with Crippen LogP contribution in [0.25, 0.3) is 16.5 Å². The van der Waals surface area contributed by atoms with E-state index >= 15 is 0 Å². The number of hydrogen-bond donors (Lipinski definition) is 2. The Labute approximate surface area is 237 Å². The summed E-state index contributed by atoms with van der Waals surface area (Å²) in [4.78, 5) is 32.6.